The zero-order valence-electron chi connectivity index (χ0n) is 14.5. The van der Waals surface area contributed by atoms with Crippen molar-refractivity contribution in [3.05, 3.63) is 103 Å². The Morgan fingerprint density at radius 1 is 0.769 bits per heavy atom. The van der Waals surface area contributed by atoms with Gasteiger partial charge in [0, 0.05) is 50.1 Å². The van der Waals surface area contributed by atoms with E-state index in [0.717, 1.165) is 25.3 Å². The first kappa shape index (κ1) is 16.3. The monoisotopic (exact) mass is 343 g/mol. The van der Waals surface area contributed by atoms with Crippen LogP contribution in [0.1, 0.15) is 16.7 Å². The van der Waals surface area contributed by atoms with Crippen molar-refractivity contribution in [2.24, 2.45) is 0 Å². The maximum atomic E-state index is 4.12. The van der Waals surface area contributed by atoms with Gasteiger partial charge in [-0.3, -0.25) is 0 Å². The fraction of sp³-hybridized carbons (Fsp3) is 0.143. The van der Waals surface area contributed by atoms with E-state index in [-0.39, 0.29) is 0 Å². The molecule has 0 bridgehead atoms. The molecule has 2 aromatic carbocycles. The topological polar surface area (TPSA) is 47.7 Å². The minimum atomic E-state index is 0.837. The first-order chi connectivity index (χ1) is 12.9. The largest absolute Gasteiger partial charge is 0.333 e. The van der Waals surface area contributed by atoms with Crippen LogP contribution in [0.2, 0.25) is 0 Å². The van der Waals surface area contributed by atoms with Crippen LogP contribution < -0.4 is 5.32 Å². The number of hydrogen-bond donors (Lipinski definition) is 1. The van der Waals surface area contributed by atoms with E-state index in [9.17, 15) is 0 Å². The third-order valence-electron chi connectivity index (χ3n) is 4.41. The van der Waals surface area contributed by atoms with Crippen molar-refractivity contribution >= 4 is 0 Å². The van der Waals surface area contributed by atoms with Gasteiger partial charge in [0.1, 0.15) is 0 Å². The van der Waals surface area contributed by atoms with Crippen molar-refractivity contribution in [1.82, 2.24) is 24.4 Å². The highest BCUT2D eigenvalue weighted by Crippen LogP contribution is 2.12. The third kappa shape index (κ3) is 3.90. The normalized spacial score (nSPS) is 10.9. The standard InChI is InChI=1S/C21H21N5/c1-2-4-20(15-25-11-9-22-16-25)19(3-1)14-24-13-18-5-7-21(8-6-18)26-12-10-23-17-26/h1-12,16-17,24H,13-15H2. The highest BCUT2D eigenvalue weighted by atomic mass is 15.0. The van der Waals surface area contributed by atoms with Crippen LogP contribution in [0.3, 0.4) is 0 Å². The summed E-state index contributed by atoms with van der Waals surface area (Å²) in [4.78, 5) is 8.20. The molecule has 0 fully saturated rings. The summed E-state index contributed by atoms with van der Waals surface area (Å²) >= 11 is 0. The smallest absolute Gasteiger partial charge is 0.0991 e. The molecule has 0 aliphatic carbocycles. The van der Waals surface area contributed by atoms with E-state index < -0.39 is 0 Å². The number of rotatable bonds is 7. The molecule has 4 rings (SSSR count). The molecule has 0 amide bonds. The van der Waals surface area contributed by atoms with Gasteiger partial charge in [0.25, 0.3) is 0 Å². The molecule has 0 atom stereocenters. The lowest BCUT2D eigenvalue weighted by Gasteiger charge is -2.11. The van der Waals surface area contributed by atoms with Crippen LogP contribution in [0.15, 0.2) is 86.0 Å². The number of benzene rings is 2. The van der Waals surface area contributed by atoms with E-state index in [1.807, 2.05) is 35.8 Å². The summed E-state index contributed by atoms with van der Waals surface area (Å²) in [6, 6.07) is 17.1. The molecule has 2 heterocycles. The first-order valence-corrected chi connectivity index (χ1v) is 8.69. The van der Waals surface area contributed by atoms with Crippen LogP contribution >= 0.6 is 0 Å². The van der Waals surface area contributed by atoms with Gasteiger partial charge in [-0.2, -0.15) is 0 Å². The van der Waals surface area contributed by atoms with Gasteiger partial charge in [0.05, 0.1) is 12.7 Å². The van der Waals surface area contributed by atoms with Crippen LogP contribution in [0.4, 0.5) is 0 Å². The number of hydrogen-bond acceptors (Lipinski definition) is 3. The average Bonchev–Trinajstić information content (AvgIpc) is 3.38. The fourth-order valence-corrected chi connectivity index (χ4v) is 3.00. The minimum Gasteiger partial charge on any atom is -0.333 e. The predicted octanol–water partition coefficient (Wildman–Crippen LogP) is 3.41. The number of imidazole rings is 2. The Hall–Kier alpha value is -3.18. The van der Waals surface area contributed by atoms with Crippen molar-refractivity contribution in [1.29, 1.82) is 0 Å². The molecule has 5 nitrogen and oxygen atoms in total. The first-order valence-electron chi connectivity index (χ1n) is 8.69. The van der Waals surface area contributed by atoms with E-state index in [0.29, 0.717) is 0 Å². The van der Waals surface area contributed by atoms with Crippen LogP contribution in [0.5, 0.6) is 0 Å². The maximum absolute atomic E-state index is 4.12. The SMILES string of the molecule is c1ccc(Cn2ccnc2)c(CNCc2ccc(-n3ccnc3)cc2)c1. The molecule has 0 radical (unpaired) electrons. The molecule has 2 aromatic heterocycles. The van der Waals surface area contributed by atoms with Gasteiger partial charge in [-0.1, -0.05) is 36.4 Å². The summed E-state index contributed by atoms with van der Waals surface area (Å²) < 4.78 is 4.09. The molecular weight excluding hydrogens is 322 g/mol. The summed E-state index contributed by atoms with van der Waals surface area (Å²) in [6.07, 6.45) is 11.2. The van der Waals surface area contributed by atoms with Crippen molar-refractivity contribution in [3.63, 3.8) is 0 Å². The van der Waals surface area contributed by atoms with Gasteiger partial charge in [0.2, 0.25) is 0 Å². The van der Waals surface area contributed by atoms with E-state index in [1.54, 1.807) is 6.20 Å². The lowest BCUT2D eigenvalue weighted by molar-refractivity contribution is 0.680. The molecule has 0 aliphatic rings. The molecule has 1 N–H and O–H groups in total. The molecule has 0 unspecified atom stereocenters. The second kappa shape index (κ2) is 7.80. The van der Waals surface area contributed by atoms with Crippen LogP contribution in [-0.4, -0.2) is 19.1 Å². The minimum absolute atomic E-state index is 0.837. The van der Waals surface area contributed by atoms with Crippen molar-refractivity contribution in [2.45, 2.75) is 19.6 Å². The van der Waals surface area contributed by atoms with E-state index in [1.165, 1.54) is 16.7 Å². The molecule has 0 aliphatic heterocycles. The second-order valence-corrected chi connectivity index (χ2v) is 6.24. The Labute approximate surface area is 153 Å². The van der Waals surface area contributed by atoms with Crippen LogP contribution in [0.25, 0.3) is 5.69 Å². The molecule has 0 saturated carbocycles. The van der Waals surface area contributed by atoms with Gasteiger partial charge in [-0.05, 0) is 28.8 Å². The molecule has 0 saturated heterocycles. The van der Waals surface area contributed by atoms with E-state index >= 15 is 0 Å². The van der Waals surface area contributed by atoms with E-state index in [4.69, 9.17) is 0 Å². The Kier molecular flexibility index (Phi) is 4.89. The second-order valence-electron chi connectivity index (χ2n) is 6.24. The summed E-state index contributed by atoms with van der Waals surface area (Å²) in [5, 5.41) is 3.55. The Morgan fingerprint density at radius 2 is 1.54 bits per heavy atom. The van der Waals surface area contributed by atoms with Crippen molar-refractivity contribution < 1.29 is 0 Å². The zero-order chi connectivity index (χ0) is 17.6. The van der Waals surface area contributed by atoms with Gasteiger partial charge in [-0.25, -0.2) is 9.97 Å². The van der Waals surface area contributed by atoms with Gasteiger partial charge >= 0.3 is 0 Å². The Balaban J connectivity index is 1.36. The summed E-state index contributed by atoms with van der Waals surface area (Å²) in [7, 11) is 0. The zero-order valence-corrected chi connectivity index (χ0v) is 14.5. The lowest BCUT2D eigenvalue weighted by atomic mass is 10.1. The van der Waals surface area contributed by atoms with Gasteiger partial charge in [0.15, 0.2) is 0 Å². The fourth-order valence-electron chi connectivity index (χ4n) is 3.00. The average molecular weight is 343 g/mol. The highest BCUT2D eigenvalue weighted by Gasteiger charge is 2.03. The number of aromatic nitrogens is 4. The van der Waals surface area contributed by atoms with Crippen molar-refractivity contribution in [2.75, 3.05) is 0 Å². The summed E-state index contributed by atoms with van der Waals surface area (Å²) in [6.45, 7) is 2.52. The van der Waals surface area contributed by atoms with Crippen LogP contribution in [-0.2, 0) is 19.6 Å². The van der Waals surface area contributed by atoms with Gasteiger partial charge in [-0.15, -0.1) is 0 Å². The molecule has 0 spiro atoms. The molecule has 4 aromatic rings. The predicted molar refractivity (Wildman–Crippen MR) is 102 cm³/mol. The van der Waals surface area contributed by atoms with Crippen LogP contribution in [0, 0.1) is 0 Å². The van der Waals surface area contributed by atoms with Crippen molar-refractivity contribution in [3.8, 4) is 5.69 Å². The maximum Gasteiger partial charge on any atom is 0.0991 e. The molecule has 130 valence electrons. The number of nitrogens with zero attached hydrogens (tertiary/aromatic N) is 4. The summed E-state index contributed by atoms with van der Waals surface area (Å²) in [5.41, 5.74) is 5.02. The van der Waals surface area contributed by atoms with Gasteiger partial charge < -0.3 is 14.5 Å². The molecule has 5 heteroatoms. The van der Waals surface area contributed by atoms with E-state index in [2.05, 4.69) is 68.4 Å². The number of nitrogens with one attached hydrogen (secondary N) is 1. The highest BCUT2D eigenvalue weighted by molar-refractivity contribution is 5.34. The lowest BCUT2D eigenvalue weighted by Crippen LogP contribution is -2.14. The summed E-state index contributed by atoms with van der Waals surface area (Å²) in [5.74, 6) is 0. The Bertz CT molecular complexity index is 925. The Morgan fingerprint density at radius 3 is 2.27 bits per heavy atom. The quantitative estimate of drug-likeness (QED) is 0.559. The third-order valence-corrected chi connectivity index (χ3v) is 4.41. The molecular formula is C21H21N5. The molecule has 26 heavy (non-hydrogen) atoms.